The lowest BCUT2D eigenvalue weighted by Gasteiger charge is -2.00. The second kappa shape index (κ2) is 4.44. The van der Waals surface area contributed by atoms with Gasteiger partial charge in [-0.15, -0.1) is 0 Å². The van der Waals surface area contributed by atoms with Gasteiger partial charge in [0.25, 0.3) is 0 Å². The van der Waals surface area contributed by atoms with E-state index >= 15 is 0 Å². The van der Waals surface area contributed by atoms with Crippen molar-refractivity contribution < 1.29 is 0 Å². The quantitative estimate of drug-likeness (QED) is 0.630. The van der Waals surface area contributed by atoms with Gasteiger partial charge in [-0.2, -0.15) is 0 Å². The molecule has 0 atom stereocenters. The molecule has 2 heterocycles. The summed E-state index contributed by atoms with van der Waals surface area (Å²) in [5, 5.41) is 0. The Kier molecular flexibility index (Phi) is 3.00. The van der Waals surface area contributed by atoms with Crippen molar-refractivity contribution >= 4 is 29.3 Å². The minimum Gasteiger partial charge on any atom is -0.369 e. The van der Waals surface area contributed by atoms with Crippen molar-refractivity contribution in [2.75, 3.05) is 5.73 Å². The van der Waals surface area contributed by atoms with E-state index in [2.05, 4.69) is 34.0 Å². The number of hydrogen-bond acceptors (Lipinski definition) is 4. The third-order valence-electron chi connectivity index (χ3n) is 2.21. The van der Waals surface area contributed by atoms with Crippen molar-refractivity contribution in [3.8, 4) is 0 Å². The molecule has 0 amide bonds. The van der Waals surface area contributed by atoms with Crippen molar-refractivity contribution in [2.45, 2.75) is 19.9 Å². The summed E-state index contributed by atoms with van der Waals surface area (Å²) in [6.45, 7) is 2.84. The van der Waals surface area contributed by atoms with Crippen LogP contribution in [0.4, 0.5) is 5.95 Å². The Bertz CT molecular complexity index is 580. The van der Waals surface area contributed by atoms with E-state index in [0.29, 0.717) is 16.1 Å². The molecular formula is C10H13N5S. The molecule has 0 radical (unpaired) electrons. The number of fused-ring (bicyclic) bond motifs is 1. The van der Waals surface area contributed by atoms with Gasteiger partial charge in [0.2, 0.25) is 0 Å². The minimum atomic E-state index is 0.318. The maximum atomic E-state index is 5.62. The van der Waals surface area contributed by atoms with Crippen LogP contribution in [0.5, 0.6) is 0 Å². The predicted octanol–water partition coefficient (Wildman–Crippen LogP) is 2.04. The molecule has 0 unspecified atom stereocenters. The second-order valence-corrected chi connectivity index (χ2v) is 3.79. The Morgan fingerprint density at radius 3 is 3.12 bits per heavy atom. The van der Waals surface area contributed by atoms with Crippen LogP contribution in [0.3, 0.4) is 0 Å². The zero-order valence-electron chi connectivity index (χ0n) is 8.97. The van der Waals surface area contributed by atoms with Crippen LogP contribution in [0.15, 0.2) is 18.5 Å². The van der Waals surface area contributed by atoms with Crippen molar-refractivity contribution in [1.29, 1.82) is 0 Å². The highest BCUT2D eigenvalue weighted by Gasteiger charge is 2.04. The van der Waals surface area contributed by atoms with Gasteiger partial charge in [0.05, 0.1) is 6.33 Å². The lowest BCUT2D eigenvalue weighted by Crippen LogP contribution is -1.99. The maximum Gasteiger partial charge on any atom is 0.200 e. The SMILES string of the molecule is CC/C=C\Cn1cnc2c(=S)nc(N)[nH]c21. The van der Waals surface area contributed by atoms with E-state index in [1.165, 1.54) is 0 Å². The van der Waals surface area contributed by atoms with E-state index in [-0.39, 0.29) is 0 Å². The predicted molar refractivity (Wildman–Crippen MR) is 66.6 cm³/mol. The molecular weight excluding hydrogens is 222 g/mol. The largest absolute Gasteiger partial charge is 0.369 e. The van der Waals surface area contributed by atoms with E-state index < -0.39 is 0 Å². The smallest absolute Gasteiger partial charge is 0.200 e. The number of rotatable bonds is 3. The van der Waals surface area contributed by atoms with Crippen molar-refractivity contribution in [2.24, 2.45) is 0 Å². The first kappa shape index (κ1) is 10.8. The minimum absolute atomic E-state index is 0.318. The van der Waals surface area contributed by atoms with Crippen LogP contribution in [0.25, 0.3) is 11.2 Å². The Balaban J connectivity index is 2.47. The third kappa shape index (κ3) is 1.96. The standard InChI is InChI=1S/C10H13N5S/c1-2-3-4-5-15-6-12-7-8(15)13-10(11)14-9(7)16/h3-4,6H,2,5H2,1H3,(H3,11,13,14,16)/b4-3-. The number of anilines is 1. The number of nitrogens with two attached hydrogens (primary N) is 1. The number of allylic oxidation sites excluding steroid dienone is 2. The second-order valence-electron chi connectivity index (χ2n) is 3.40. The van der Waals surface area contributed by atoms with Crippen LogP contribution >= 0.6 is 12.2 Å². The van der Waals surface area contributed by atoms with Gasteiger partial charge in [-0.05, 0) is 6.42 Å². The molecule has 0 aromatic carbocycles. The third-order valence-corrected chi connectivity index (χ3v) is 2.50. The van der Waals surface area contributed by atoms with E-state index in [1.54, 1.807) is 6.33 Å². The molecule has 0 aliphatic rings. The van der Waals surface area contributed by atoms with Gasteiger partial charge in [-0.1, -0.05) is 31.3 Å². The summed E-state index contributed by atoms with van der Waals surface area (Å²) >= 11 is 5.08. The van der Waals surface area contributed by atoms with Gasteiger partial charge in [0.15, 0.2) is 10.6 Å². The molecule has 0 saturated carbocycles. The number of nitrogens with zero attached hydrogens (tertiary/aromatic N) is 3. The first-order valence-corrected chi connectivity index (χ1v) is 5.49. The zero-order valence-corrected chi connectivity index (χ0v) is 9.79. The highest BCUT2D eigenvalue weighted by Crippen LogP contribution is 2.11. The normalized spacial score (nSPS) is 11.6. The lowest BCUT2D eigenvalue weighted by molar-refractivity contribution is 0.834. The molecule has 2 rings (SSSR count). The van der Waals surface area contributed by atoms with Crippen LogP contribution in [0.2, 0.25) is 0 Å². The molecule has 0 aliphatic heterocycles. The molecule has 6 heteroatoms. The number of nitrogens with one attached hydrogen (secondary N) is 1. The van der Waals surface area contributed by atoms with Gasteiger partial charge >= 0.3 is 0 Å². The fourth-order valence-corrected chi connectivity index (χ4v) is 1.72. The van der Waals surface area contributed by atoms with Gasteiger partial charge in [-0.3, -0.25) is 0 Å². The highest BCUT2D eigenvalue weighted by molar-refractivity contribution is 7.71. The summed E-state index contributed by atoms with van der Waals surface area (Å²) < 4.78 is 2.39. The van der Waals surface area contributed by atoms with Crippen LogP contribution in [0, 0.1) is 4.64 Å². The molecule has 0 aliphatic carbocycles. The number of aromatic nitrogens is 4. The number of imidazole rings is 1. The number of nitrogen functional groups attached to an aromatic ring is 1. The number of aromatic amines is 1. The van der Waals surface area contributed by atoms with E-state index in [9.17, 15) is 0 Å². The Morgan fingerprint density at radius 1 is 1.56 bits per heavy atom. The summed E-state index contributed by atoms with van der Waals surface area (Å²) in [5.74, 6) is 0.318. The monoisotopic (exact) mass is 235 g/mol. The van der Waals surface area contributed by atoms with E-state index in [4.69, 9.17) is 18.0 Å². The Labute approximate surface area is 98.0 Å². The molecule has 0 fully saturated rings. The lowest BCUT2D eigenvalue weighted by atomic mass is 10.4. The molecule has 84 valence electrons. The molecule has 2 aromatic heterocycles. The average Bonchev–Trinajstić information content (AvgIpc) is 2.62. The molecule has 5 nitrogen and oxygen atoms in total. The topological polar surface area (TPSA) is 72.5 Å². The average molecular weight is 235 g/mol. The Morgan fingerprint density at radius 2 is 2.38 bits per heavy atom. The summed E-state index contributed by atoms with van der Waals surface area (Å²) in [4.78, 5) is 11.1. The molecule has 0 spiro atoms. The first-order chi connectivity index (χ1) is 7.72. The summed E-state index contributed by atoms with van der Waals surface area (Å²) in [6, 6.07) is 0. The van der Waals surface area contributed by atoms with Crippen LogP contribution in [0.1, 0.15) is 13.3 Å². The van der Waals surface area contributed by atoms with Crippen LogP contribution in [-0.2, 0) is 6.54 Å². The molecule has 0 saturated heterocycles. The molecule has 0 bridgehead atoms. The summed E-state index contributed by atoms with van der Waals surface area (Å²) in [6.07, 6.45) is 6.93. The van der Waals surface area contributed by atoms with Gasteiger partial charge in [0, 0.05) is 6.54 Å². The fraction of sp³-hybridized carbons (Fsp3) is 0.300. The fourth-order valence-electron chi connectivity index (χ4n) is 1.47. The van der Waals surface area contributed by atoms with Crippen LogP contribution in [-0.4, -0.2) is 19.5 Å². The molecule has 2 aromatic rings. The highest BCUT2D eigenvalue weighted by atomic mass is 32.1. The maximum absolute atomic E-state index is 5.62. The van der Waals surface area contributed by atoms with Gasteiger partial charge in [-0.25, -0.2) is 9.97 Å². The number of hydrogen-bond donors (Lipinski definition) is 2. The van der Waals surface area contributed by atoms with Crippen molar-refractivity contribution in [3.63, 3.8) is 0 Å². The van der Waals surface area contributed by atoms with E-state index in [1.807, 2.05) is 4.57 Å². The van der Waals surface area contributed by atoms with Gasteiger partial charge in [0.1, 0.15) is 11.2 Å². The number of H-pyrrole nitrogens is 1. The van der Waals surface area contributed by atoms with E-state index in [0.717, 1.165) is 18.6 Å². The van der Waals surface area contributed by atoms with Crippen molar-refractivity contribution in [1.82, 2.24) is 19.5 Å². The first-order valence-electron chi connectivity index (χ1n) is 5.08. The van der Waals surface area contributed by atoms with Crippen LogP contribution < -0.4 is 5.73 Å². The molecule has 3 N–H and O–H groups in total. The van der Waals surface area contributed by atoms with Crippen molar-refractivity contribution in [3.05, 3.63) is 23.1 Å². The zero-order chi connectivity index (χ0) is 11.5. The van der Waals surface area contributed by atoms with Gasteiger partial charge < -0.3 is 15.3 Å². The summed E-state index contributed by atoms with van der Waals surface area (Å²) in [7, 11) is 0. The Hall–Kier alpha value is -1.69. The molecule has 16 heavy (non-hydrogen) atoms. The summed E-state index contributed by atoms with van der Waals surface area (Å²) in [5.41, 5.74) is 7.12.